The molecule has 1 aliphatic heterocycles. The van der Waals surface area contributed by atoms with Crippen LogP contribution in [0.5, 0.6) is 0 Å². The molecule has 1 N–H and O–H groups in total. The smallest absolute Gasteiger partial charge is 0.243 e. The highest BCUT2D eigenvalue weighted by atomic mass is 16.2. The number of nitrogens with zero attached hydrogens (tertiary/aromatic N) is 1. The van der Waals surface area contributed by atoms with E-state index in [2.05, 4.69) is 5.32 Å². The molecule has 0 spiro atoms. The lowest BCUT2D eigenvalue weighted by atomic mass is 9.62. The van der Waals surface area contributed by atoms with Crippen molar-refractivity contribution in [1.82, 2.24) is 10.2 Å². The zero-order valence-corrected chi connectivity index (χ0v) is 18.4. The number of amides is 3. The number of rotatable bonds is 5. The van der Waals surface area contributed by atoms with Crippen molar-refractivity contribution in [1.29, 1.82) is 0 Å². The van der Waals surface area contributed by atoms with Crippen LogP contribution < -0.4 is 5.32 Å². The Morgan fingerprint density at radius 2 is 1.73 bits per heavy atom. The first kappa shape index (κ1) is 21.1. The number of benzene rings is 1. The van der Waals surface area contributed by atoms with E-state index in [4.69, 9.17) is 0 Å². The first-order valence-corrected chi connectivity index (χ1v) is 11.5. The number of carbonyl (C=O) groups excluding carboxylic acids is 3. The molecule has 1 heterocycles. The van der Waals surface area contributed by atoms with Crippen LogP contribution in [-0.2, 0) is 20.8 Å². The molecule has 2 aliphatic carbocycles. The van der Waals surface area contributed by atoms with Gasteiger partial charge in [0.05, 0.1) is 5.41 Å². The van der Waals surface area contributed by atoms with Crippen LogP contribution in [0, 0.1) is 16.7 Å². The molecule has 4 rings (SSSR count). The molecule has 30 heavy (non-hydrogen) atoms. The highest BCUT2D eigenvalue weighted by Gasteiger charge is 2.65. The minimum absolute atomic E-state index is 0.142. The fourth-order valence-corrected chi connectivity index (χ4v) is 5.83. The van der Waals surface area contributed by atoms with Crippen LogP contribution in [0.1, 0.15) is 71.3 Å². The summed E-state index contributed by atoms with van der Waals surface area (Å²) in [6, 6.07) is 9.06. The Balaban J connectivity index is 1.65. The Morgan fingerprint density at radius 1 is 1.07 bits per heavy atom. The van der Waals surface area contributed by atoms with Gasteiger partial charge >= 0.3 is 0 Å². The summed E-state index contributed by atoms with van der Waals surface area (Å²) < 4.78 is 0. The molecule has 2 saturated carbocycles. The lowest BCUT2D eigenvalue weighted by Crippen LogP contribution is -2.65. The van der Waals surface area contributed by atoms with E-state index in [-0.39, 0.29) is 35.1 Å². The molecule has 2 bridgehead atoms. The van der Waals surface area contributed by atoms with E-state index in [1.165, 1.54) is 11.3 Å². The van der Waals surface area contributed by atoms with E-state index in [0.29, 0.717) is 19.3 Å². The summed E-state index contributed by atoms with van der Waals surface area (Å²) in [5.74, 6) is -0.734. The molecule has 3 unspecified atom stereocenters. The van der Waals surface area contributed by atoms with Crippen LogP contribution in [0.15, 0.2) is 30.3 Å². The van der Waals surface area contributed by atoms with Crippen LogP contribution in [0.4, 0.5) is 0 Å². The standard InChI is InChI=1S/C25H34N2O3/c1-24(2)19-14-15-25(24,3)23(30)27(22(19)29)20(16-17-10-6-4-7-11-17)21(28)26-18-12-8-5-9-13-18/h4,6-7,10-11,18-20H,5,8-9,12-16H2,1-3H3,(H,26,28). The van der Waals surface area contributed by atoms with Crippen molar-refractivity contribution in [3.05, 3.63) is 35.9 Å². The van der Waals surface area contributed by atoms with Crippen molar-refractivity contribution in [3.63, 3.8) is 0 Å². The Labute approximate surface area is 179 Å². The first-order chi connectivity index (χ1) is 14.3. The maximum Gasteiger partial charge on any atom is 0.243 e. The lowest BCUT2D eigenvalue weighted by Gasteiger charge is -2.49. The summed E-state index contributed by atoms with van der Waals surface area (Å²) in [4.78, 5) is 42.0. The summed E-state index contributed by atoms with van der Waals surface area (Å²) in [5.41, 5.74) is -0.0234. The summed E-state index contributed by atoms with van der Waals surface area (Å²) in [6.45, 7) is 6.05. The maximum atomic E-state index is 13.7. The van der Waals surface area contributed by atoms with Gasteiger partial charge in [0, 0.05) is 18.4 Å². The van der Waals surface area contributed by atoms with Crippen molar-refractivity contribution in [3.8, 4) is 0 Å². The first-order valence-electron chi connectivity index (χ1n) is 11.5. The Hall–Kier alpha value is -2.17. The van der Waals surface area contributed by atoms with E-state index >= 15 is 0 Å². The quantitative estimate of drug-likeness (QED) is 0.750. The van der Waals surface area contributed by atoms with Gasteiger partial charge in [0.1, 0.15) is 6.04 Å². The van der Waals surface area contributed by atoms with Crippen LogP contribution in [-0.4, -0.2) is 34.7 Å². The van der Waals surface area contributed by atoms with Crippen molar-refractivity contribution in [2.24, 2.45) is 16.7 Å². The number of hydrogen-bond acceptors (Lipinski definition) is 3. The van der Waals surface area contributed by atoms with Gasteiger partial charge in [-0.3, -0.25) is 19.3 Å². The van der Waals surface area contributed by atoms with Gasteiger partial charge in [-0.2, -0.15) is 0 Å². The SMILES string of the molecule is CC12CCC(C(=O)N(C(Cc3ccccc3)C(=O)NC3CCCCC3)C1=O)C2(C)C. The van der Waals surface area contributed by atoms with Crippen LogP contribution in [0.3, 0.4) is 0 Å². The summed E-state index contributed by atoms with van der Waals surface area (Å²) in [7, 11) is 0. The fourth-order valence-electron chi connectivity index (χ4n) is 5.83. The monoisotopic (exact) mass is 410 g/mol. The molecule has 3 aliphatic rings. The third kappa shape index (κ3) is 3.36. The van der Waals surface area contributed by atoms with Gasteiger partial charge in [0.15, 0.2) is 0 Å². The molecule has 1 aromatic rings. The van der Waals surface area contributed by atoms with Crippen molar-refractivity contribution in [2.75, 3.05) is 0 Å². The van der Waals surface area contributed by atoms with Crippen LogP contribution >= 0.6 is 0 Å². The minimum atomic E-state index is -0.787. The highest BCUT2D eigenvalue weighted by Crippen LogP contribution is 2.60. The van der Waals surface area contributed by atoms with Gasteiger partial charge in [0.2, 0.25) is 17.7 Å². The van der Waals surface area contributed by atoms with E-state index < -0.39 is 11.5 Å². The topological polar surface area (TPSA) is 66.5 Å². The largest absolute Gasteiger partial charge is 0.352 e. The average molecular weight is 411 g/mol. The normalized spacial score (nSPS) is 29.7. The molecular formula is C25H34N2O3. The predicted molar refractivity (Wildman–Crippen MR) is 115 cm³/mol. The zero-order valence-electron chi connectivity index (χ0n) is 18.4. The van der Waals surface area contributed by atoms with Gasteiger partial charge < -0.3 is 5.32 Å². The Morgan fingerprint density at radius 3 is 2.40 bits per heavy atom. The second-order valence-electron chi connectivity index (χ2n) is 10.2. The number of piperidine rings is 1. The highest BCUT2D eigenvalue weighted by molar-refractivity contribution is 6.07. The predicted octanol–water partition coefficient (Wildman–Crippen LogP) is 3.86. The second-order valence-corrected chi connectivity index (χ2v) is 10.2. The van der Waals surface area contributed by atoms with Crippen molar-refractivity contribution < 1.29 is 14.4 Å². The zero-order chi connectivity index (χ0) is 21.5. The maximum absolute atomic E-state index is 13.7. The fraction of sp³-hybridized carbons (Fsp3) is 0.640. The molecular weight excluding hydrogens is 376 g/mol. The Kier molecular flexibility index (Phi) is 5.50. The third-order valence-electron chi connectivity index (χ3n) is 8.29. The molecule has 3 amide bonds. The third-order valence-corrected chi connectivity index (χ3v) is 8.29. The van der Waals surface area contributed by atoms with Gasteiger partial charge in [-0.25, -0.2) is 0 Å². The van der Waals surface area contributed by atoms with Crippen LogP contribution in [0.25, 0.3) is 0 Å². The molecule has 0 aromatic heterocycles. The Bertz CT molecular complexity index is 828. The number of nitrogens with one attached hydrogen (secondary N) is 1. The summed E-state index contributed by atoms with van der Waals surface area (Å²) >= 11 is 0. The minimum Gasteiger partial charge on any atom is -0.352 e. The molecule has 0 radical (unpaired) electrons. The van der Waals surface area contributed by atoms with Gasteiger partial charge in [0.25, 0.3) is 0 Å². The number of carbonyl (C=O) groups is 3. The van der Waals surface area contributed by atoms with E-state index in [0.717, 1.165) is 31.2 Å². The second kappa shape index (κ2) is 7.82. The molecule has 3 fully saturated rings. The average Bonchev–Trinajstić information content (AvgIpc) is 2.92. The van der Waals surface area contributed by atoms with E-state index in [1.807, 2.05) is 51.1 Å². The lowest BCUT2D eigenvalue weighted by molar-refractivity contribution is -0.173. The number of likely N-dealkylation sites (tertiary alicyclic amines) is 1. The van der Waals surface area contributed by atoms with Crippen LogP contribution in [0.2, 0.25) is 0 Å². The summed E-state index contributed by atoms with van der Waals surface area (Å²) in [6.07, 6.45) is 7.16. The molecule has 5 heteroatoms. The van der Waals surface area contributed by atoms with Gasteiger partial charge in [-0.15, -0.1) is 0 Å². The molecule has 1 aromatic carbocycles. The van der Waals surface area contributed by atoms with E-state index in [9.17, 15) is 14.4 Å². The van der Waals surface area contributed by atoms with Crippen molar-refractivity contribution >= 4 is 17.7 Å². The van der Waals surface area contributed by atoms with E-state index in [1.54, 1.807) is 0 Å². The van der Waals surface area contributed by atoms with Crippen molar-refractivity contribution in [2.45, 2.75) is 84.2 Å². The van der Waals surface area contributed by atoms with Gasteiger partial charge in [-0.1, -0.05) is 70.4 Å². The number of imide groups is 1. The number of fused-ring (bicyclic) bond motifs is 2. The number of hydrogen-bond donors (Lipinski definition) is 1. The summed E-state index contributed by atoms with van der Waals surface area (Å²) in [5, 5.41) is 3.18. The molecule has 5 nitrogen and oxygen atoms in total. The molecule has 1 saturated heterocycles. The molecule has 162 valence electrons. The molecule has 3 atom stereocenters. The van der Waals surface area contributed by atoms with Gasteiger partial charge in [-0.05, 0) is 36.7 Å².